The molecule has 1 heterocycles. The molecule has 0 bridgehead atoms. The molecule has 0 saturated heterocycles. The lowest BCUT2D eigenvalue weighted by atomic mass is 9.81. The molecule has 0 saturated carbocycles. The van der Waals surface area contributed by atoms with Crippen molar-refractivity contribution in [3.05, 3.63) is 59.7 Å². The van der Waals surface area contributed by atoms with Gasteiger partial charge in [-0.15, -0.1) is 0 Å². The van der Waals surface area contributed by atoms with E-state index in [1.54, 1.807) is 7.11 Å². The second-order valence-electron chi connectivity index (χ2n) is 4.91. The number of hydrogen-bond acceptors (Lipinski definition) is 4. The Morgan fingerprint density at radius 2 is 1.95 bits per heavy atom. The van der Waals surface area contributed by atoms with Crippen LogP contribution in [0.1, 0.15) is 17.0 Å². The Balaban J connectivity index is 2.15. The zero-order valence-corrected chi connectivity index (χ0v) is 11.5. The van der Waals surface area contributed by atoms with Crippen molar-refractivity contribution in [1.29, 1.82) is 5.26 Å². The highest BCUT2D eigenvalue weighted by atomic mass is 16.5. The van der Waals surface area contributed by atoms with Gasteiger partial charge in [-0.2, -0.15) is 5.26 Å². The number of Topliss-reactive ketones (excluding diaryl/α,β-unsaturated/α-hetero) is 1. The van der Waals surface area contributed by atoms with Crippen LogP contribution < -0.4 is 10.1 Å². The second kappa shape index (κ2) is 5.29. The van der Waals surface area contributed by atoms with Gasteiger partial charge in [0, 0.05) is 11.8 Å². The molecule has 0 fully saturated rings. The fourth-order valence-corrected chi connectivity index (χ4v) is 2.67. The van der Waals surface area contributed by atoms with Crippen molar-refractivity contribution in [2.45, 2.75) is 12.0 Å². The van der Waals surface area contributed by atoms with Gasteiger partial charge in [0.05, 0.1) is 19.1 Å². The summed E-state index contributed by atoms with van der Waals surface area (Å²) in [4.78, 5) is 12.6. The minimum absolute atomic E-state index is 0.124. The van der Waals surface area contributed by atoms with E-state index in [1.807, 2.05) is 54.6 Å². The Morgan fingerprint density at radius 3 is 2.62 bits per heavy atom. The predicted octanol–water partition coefficient (Wildman–Crippen LogP) is 2.71. The Kier molecular flexibility index (Phi) is 3.33. The number of carbonyl (C=O) groups is 1. The highest BCUT2D eigenvalue weighted by molar-refractivity contribution is 6.01. The van der Waals surface area contributed by atoms with Crippen molar-refractivity contribution >= 4 is 11.5 Å². The first-order valence-corrected chi connectivity index (χ1v) is 6.67. The van der Waals surface area contributed by atoms with Crippen LogP contribution in [0.3, 0.4) is 0 Å². The molecule has 0 radical (unpaired) electrons. The molecule has 0 aromatic heterocycles. The van der Waals surface area contributed by atoms with Crippen molar-refractivity contribution in [2.24, 2.45) is 0 Å². The number of fused-ring (bicyclic) bond motifs is 1. The molecule has 0 spiro atoms. The molecule has 1 aliphatic rings. The Morgan fingerprint density at radius 1 is 1.19 bits per heavy atom. The summed E-state index contributed by atoms with van der Waals surface area (Å²) in [6, 6.07) is 16.3. The van der Waals surface area contributed by atoms with Gasteiger partial charge in [0.15, 0.2) is 11.8 Å². The molecule has 104 valence electrons. The molecular weight excluding hydrogens is 264 g/mol. The highest BCUT2D eigenvalue weighted by Gasteiger charge is 2.36. The minimum Gasteiger partial charge on any atom is -0.497 e. The summed E-state index contributed by atoms with van der Waals surface area (Å²) in [5.41, 5.74) is 2.54. The SMILES string of the molecule is COc1ccc2c(c1)NC(C#N)C(=O)C2c1ccccc1. The zero-order valence-electron chi connectivity index (χ0n) is 11.5. The summed E-state index contributed by atoms with van der Waals surface area (Å²) >= 11 is 0. The molecule has 2 aromatic carbocycles. The molecular formula is C17H14N2O2. The number of hydrogen-bond donors (Lipinski definition) is 1. The summed E-state index contributed by atoms with van der Waals surface area (Å²) in [6.45, 7) is 0. The number of anilines is 1. The van der Waals surface area contributed by atoms with Crippen molar-refractivity contribution in [3.63, 3.8) is 0 Å². The lowest BCUT2D eigenvalue weighted by Gasteiger charge is -2.29. The minimum atomic E-state index is -0.838. The van der Waals surface area contributed by atoms with E-state index in [1.165, 1.54) is 0 Å². The maximum atomic E-state index is 12.6. The number of ether oxygens (including phenoxy) is 1. The van der Waals surface area contributed by atoms with Gasteiger partial charge in [0.2, 0.25) is 0 Å². The van der Waals surface area contributed by atoms with E-state index in [0.717, 1.165) is 16.8 Å². The summed E-state index contributed by atoms with van der Waals surface area (Å²) in [6.07, 6.45) is 0. The normalized spacial score (nSPS) is 20.1. The molecule has 2 unspecified atom stereocenters. The van der Waals surface area contributed by atoms with Crippen LogP contribution in [-0.4, -0.2) is 18.9 Å². The number of nitrogens with zero attached hydrogens (tertiary/aromatic N) is 1. The maximum absolute atomic E-state index is 12.6. The predicted molar refractivity (Wildman–Crippen MR) is 79.3 cm³/mol. The Bertz CT molecular complexity index is 719. The first-order valence-electron chi connectivity index (χ1n) is 6.67. The number of rotatable bonds is 2. The van der Waals surface area contributed by atoms with E-state index in [4.69, 9.17) is 4.74 Å². The first-order chi connectivity index (χ1) is 10.2. The number of carbonyl (C=O) groups excluding carboxylic acids is 1. The Hall–Kier alpha value is -2.80. The van der Waals surface area contributed by atoms with Crippen LogP contribution in [0, 0.1) is 11.3 Å². The van der Waals surface area contributed by atoms with E-state index in [9.17, 15) is 10.1 Å². The number of methoxy groups -OCH3 is 1. The average molecular weight is 278 g/mol. The van der Waals surface area contributed by atoms with E-state index >= 15 is 0 Å². The summed E-state index contributed by atoms with van der Waals surface area (Å²) in [7, 11) is 1.59. The van der Waals surface area contributed by atoms with Crippen LogP contribution in [-0.2, 0) is 4.79 Å². The number of ketones is 1. The first kappa shape index (κ1) is 13.2. The van der Waals surface area contributed by atoms with E-state index in [0.29, 0.717) is 5.75 Å². The largest absolute Gasteiger partial charge is 0.497 e. The van der Waals surface area contributed by atoms with Crippen LogP contribution in [0.4, 0.5) is 5.69 Å². The van der Waals surface area contributed by atoms with Crippen molar-refractivity contribution < 1.29 is 9.53 Å². The molecule has 2 aromatic rings. The summed E-state index contributed by atoms with van der Waals surface area (Å²) in [5, 5.41) is 12.2. The lowest BCUT2D eigenvalue weighted by molar-refractivity contribution is -0.119. The molecule has 0 aliphatic carbocycles. The quantitative estimate of drug-likeness (QED) is 0.917. The van der Waals surface area contributed by atoms with E-state index in [2.05, 4.69) is 5.32 Å². The van der Waals surface area contributed by atoms with Crippen LogP contribution in [0.5, 0.6) is 5.75 Å². The monoisotopic (exact) mass is 278 g/mol. The second-order valence-corrected chi connectivity index (χ2v) is 4.91. The highest BCUT2D eigenvalue weighted by Crippen LogP contribution is 2.38. The van der Waals surface area contributed by atoms with Crippen molar-refractivity contribution in [1.82, 2.24) is 0 Å². The molecule has 4 nitrogen and oxygen atoms in total. The van der Waals surface area contributed by atoms with Crippen molar-refractivity contribution in [2.75, 3.05) is 12.4 Å². The number of benzene rings is 2. The van der Waals surface area contributed by atoms with Gasteiger partial charge < -0.3 is 10.1 Å². The topological polar surface area (TPSA) is 62.1 Å². The van der Waals surface area contributed by atoms with Gasteiger partial charge in [-0.05, 0) is 17.2 Å². The van der Waals surface area contributed by atoms with Gasteiger partial charge in [-0.3, -0.25) is 4.79 Å². The number of nitrogens with one attached hydrogen (secondary N) is 1. The standard InChI is InChI=1S/C17H14N2O2/c1-21-12-7-8-13-14(9-12)19-15(10-18)17(20)16(13)11-5-3-2-4-6-11/h2-9,15-16,19H,1H3. The van der Waals surface area contributed by atoms with Gasteiger partial charge in [-0.25, -0.2) is 0 Å². The van der Waals surface area contributed by atoms with Crippen LogP contribution in [0.15, 0.2) is 48.5 Å². The lowest BCUT2D eigenvalue weighted by Crippen LogP contribution is -2.37. The maximum Gasteiger partial charge on any atom is 0.181 e. The Labute approximate surface area is 123 Å². The average Bonchev–Trinajstić information content (AvgIpc) is 2.54. The van der Waals surface area contributed by atoms with Crippen LogP contribution in [0.25, 0.3) is 0 Å². The van der Waals surface area contributed by atoms with Gasteiger partial charge in [0.1, 0.15) is 5.75 Å². The molecule has 3 rings (SSSR count). The molecule has 2 atom stereocenters. The molecule has 1 aliphatic heterocycles. The number of nitriles is 1. The summed E-state index contributed by atoms with van der Waals surface area (Å²) < 4.78 is 5.21. The molecule has 1 N–H and O–H groups in total. The third kappa shape index (κ3) is 2.23. The van der Waals surface area contributed by atoms with Crippen LogP contribution in [0.2, 0.25) is 0 Å². The smallest absolute Gasteiger partial charge is 0.181 e. The van der Waals surface area contributed by atoms with Crippen LogP contribution >= 0.6 is 0 Å². The zero-order chi connectivity index (χ0) is 14.8. The van der Waals surface area contributed by atoms with E-state index < -0.39 is 12.0 Å². The molecule has 0 amide bonds. The summed E-state index contributed by atoms with van der Waals surface area (Å²) in [5.74, 6) is 0.151. The van der Waals surface area contributed by atoms with Gasteiger partial charge in [-0.1, -0.05) is 36.4 Å². The van der Waals surface area contributed by atoms with Gasteiger partial charge >= 0.3 is 0 Å². The third-order valence-corrected chi connectivity index (χ3v) is 3.70. The molecule has 4 heteroatoms. The molecule has 21 heavy (non-hydrogen) atoms. The van der Waals surface area contributed by atoms with Crippen molar-refractivity contribution in [3.8, 4) is 11.8 Å². The fourth-order valence-electron chi connectivity index (χ4n) is 2.67. The fraction of sp³-hybridized carbons (Fsp3) is 0.176. The van der Waals surface area contributed by atoms with Gasteiger partial charge in [0.25, 0.3) is 0 Å². The third-order valence-electron chi connectivity index (χ3n) is 3.70. The van der Waals surface area contributed by atoms with E-state index in [-0.39, 0.29) is 5.78 Å².